The van der Waals surface area contributed by atoms with E-state index in [-0.39, 0.29) is 0 Å². The molecule has 1 saturated heterocycles. The van der Waals surface area contributed by atoms with E-state index in [1.807, 2.05) is 6.92 Å². The fraction of sp³-hybridized carbons (Fsp3) is 0.524. The lowest BCUT2D eigenvalue weighted by Gasteiger charge is -2.36. The lowest BCUT2D eigenvalue weighted by atomic mass is 10.1. The van der Waals surface area contributed by atoms with Crippen LogP contribution < -0.4 is 5.32 Å². The molecule has 27 heavy (non-hydrogen) atoms. The minimum atomic E-state index is 0.888. The zero-order chi connectivity index (χ0) is 19.2. The molecule has 1 N–H and O–H groups in total. The first-order valence-corrected chi connectivity index (χ1v) is 10.2. The summed E-state index contributed by atoms with van der Waals surface area (Å²) in [6, 6.07) is 10.9. The predicted molar refractivity (Wildman–Crippen MR) is 115 cm³/mol. The molecule has 6 heteroatoms. The van der Waals surface area contributed by atoms with Crippen molar-refractivity contribution in [2.45, 2.75) is 40.3 Å². The molecule has 0 unspecified atom stereocenters. The van der Waals surface area contributed by atoms with E-state index in [1.165, 1.54) is 16.8 Å². The van der Waals surface area contributed by atoms with Crippen molar-refractivity contribution in [1.82, 2.24) is 24.9 Å². The summed E-state index contributed by atoms with van der Waals surface area (Å²) in [5.41, 5.74) is 5.03. The van der Waals surface area contributed by atoms with E-state index in [0.717, 1.165) is 63.0 Å². The number of nitrogens with zero attached hydrogens (tertiary/aromatic N) is 4. The van der Waals surface area contributed by atoms with Crippen LogP contribution in [0, 0.1) is 20.8 Å². The average Bonchev–Trinajstić information content (AvgIpc) is 2.96. The molecule has 0 aliphatic carbocycles. The van der Waals surface area contributed by atoms with Crippen molar-refractivity contribution < 1.29 is 0 Å². The lowest BCUT2D eigenvalue weighted by molar-refractivity contribution is 0.174. The zero-order valence-electron chi connectivity index (χ0n) is 16.7. The Balaban J connectivity index is 1.35. The summed E-state index contributed by atoms with van der Waals surface area (Å²) in [4.78, 5) is 4.81. The Labute approximate surface area is 168 Å². The van der Waals surface area contributed by atoms with Crippen molar-refractivity contribution in [3.8, 4) is 0 Å². The van der Waals surface area contributed by atoms with E-state index in [9.17, 15) is 0 Å². The van der Waals surface area contributed by atoms with Crippen LogP contribution in [-0.2, 0) is 13.1 Å². The highest BCUT2D eigenvalue weighted by molar-refractivity contribution is 7.80. The highest BCUT2D eigenvalue weighted by atomic mass is 32.1. The van der Waals surface area contributed by atoms with Gasteiger partial charge >= 0.3 is 0 Å². The number of nitrogens with one attached hydrogen (secondary N) is 1. The van der Waals surface area contributed by atoms with Crippen LogP contribution >= 0.6 is 12.2 Å². The summed E-state index contributed by atoms with van der Waals surface area (Å²) < 4.78 is 2.07. The molecule has 2 aromatic rings. The van der Waals surface area contributed by atoms with Gasteiger partial charge in [-0.25, -0.2) is 0 Å². The fourth-order valence-corrected chi connectivity index (χ4v) is 3.90. The first kappa shape index (κ1) is 19.8. The van der Waals surface area contributed by atoms with Crippen LogP contribution in [0.2, 0.25) is 0 Å². The molecule has 1 aliphatic rings. The summed E-state index contributed by atoms with van der Waals surface area (Å²) in [6.07, 6.45) is 1.02. The van der Waals surface area contributed by atoms with Gasteiger partial charge < -0.3 is 10.2 Å². The monoisotopic (exact) mass is 385 g/mol. The number of hydrogen-bond acceptors (Lipinski definition) is 3. The number of benzene rings is 1. The van der Waals surface area contributed by atoms with Crippen molar-refractivity contribution in [3.63, 3.8) is 0 Å². The van der Waals surface area contributed by atoms with E-state index >= 15 is 0 Å². The maximum Gasteiger partial charge on any atom is 0.169 e. The summed E-state index contributed by atoms with van der Waals surface area (Å²) in [7, 11) is 0. The van der Waals surface area contributed by atoms with Crippen LogP contribution in [0.4, 0.5) is 0 Å². The molecule has 1 aliphatic heterocycles. The quantitative estimate of drug-likeness (QED) is 0.611. The number of aryl methyl sites for hydroxylation is 4. The molecule has 5 nitrogen and oxygen atoms in total. The van der Waals surface area contributed by atoms with Crippen LogP contribution in [0.5, 0.6) is 0 Å². The Morgan fingerprint density at radius 3 is 2.56 bits per heavy atom. The summed E-state index contributed by atoms with van der Waals surface area (Å²) >= 11 is 5.59. The second-order valence-electron chi connectivity index (χ2n) is 7.49. The summed E-state index contributed by atoms with van der Waals surface area (Å²) in [5, 5.41) is 8.81. The lowest BCUT2D eigenvalue weighted by Crippen LogP contribution is -2.51. The molecule has 146 valence electrons. The second kappa shape index (κ2) is 9.33. The molecule has 0 atom stereocenters. The standard InChI is InChI=1S/C21H31N5S/c1-17-6-4-7-20(14-17)16-24-10-12-25(13-11-24)21(27)22-8-5-9-26-19(3)15-18(2)23-26/h4,6-7,14-15H,5,8-13,16H2,1-3H3,(H,22,27). The Kier molecular flexibility index (Phi) is 6.85. The Bertz CT molecular complexity index is 762. The molecular weight excluding hydrogens is 354 g/mol. The van der Waals surface area contributed by atoms with Crippen molar-refractivity contribution >= 4 is 17.3 Å². The molecule has 0 amide bonds. The van der Waals surface area contributed by atoms with Crippen molar-refractivity contribution in [2.75, 3.05) is 32.7 Å². The van der Waals surface area contributed by atoms with E-state index < -0.39 is 0 Å². The van der Waals surface area contributed by atoms with Crippen LogP contribution in [0.1, 0.15) is 28.9 Å². The molecule has 1 aromatic heterocycles. The Morgan fingerprint density at radius 1 is 1.11 bits per heavy atom. The molecular formula is C21H31N5S. The number of piperazine rings is 1. The minimum absolute atomic E-state index is 0.888. The predicted octanol–water partition coefficient (Wildman–Crippen LogP) is 2.89. The number of aromatic nitrogens is 2. The topological polar surface area (TPSA) is 36.3 Å². The van der Waals surface area contributed by atoms with Gasteiger partial charge in [0.25, 0.3) is 0 Å². The smallest absolute Gasteiger partial charge is 0.169 e. The van der Waals surface area contributed by atoms with E-state index in [2.05, 4.69) is 69.1 Å². The third-order valence-corrected chi connectivity index (χ3v) is 5.48. The van der Waals surface area contributed by atoms with Gasteiger partial charge in [0.15, 0.2) is 5.11 Å². The molecule has 1 fully saturated rings. The van der Waals surface area contributed by atoms with Gasteiger partial charge in [-0.1, -0.05) is 29.8 Å². The van der Waals surface area contributed by atoms with Gasteiger partial charge in [0.2, 0.25) is 0 Å². The summed E-state index contributed by atoms with van der Waals surface area (Å²) in [5.74, 6) is 0. The largest absolute Gasteiger partial charge is 0.362 e. The van der Waals surface area contributed by atoms with Crippen LogP contribution in [0.15, 0.2) is 30.3 Å². The normalized spacial score (nSPS) is 15.1. The molecule has 0 bridgehead atoms. The molecule has 0 radical (unpaired) electrons. The first-order chi connectivity index (χ1) is 13.0. The van der Waals surface area contributed by atoms with Crippen molar-refractivity contribution in [2.24, 2.45) is 0 Å². The average molecular weight is 386 g/mol. The van der Waals surface area contributed by atoms with Gasteiger partial charge in [-0.05, 0) is 51.0 Å². The third-order valence-electron chi connectivity index (χ3n) is 5.07. The SMILES string of the molecule is Cc1cccc(CN2CCN(C(=S)NCCCn3nc(C)cc3C)CC2)c1. The highest BCUT2D eigenvalue weighted by Gasteiger charge is 2.18. The summed E-state index contributed by atoms with van der Waals surface area (Å²) in [6.45, 7) is 13.2. The van der Waals surface area contributed by atoms with Gasteiger partial charge in [-0.3, -0.25) is 9.58 Å². The van der Waals surface area contributed by atoms with E-state index in [4.69, 9.17) is 12.2 Å². The maximum atomic E-state index is 5.59. The third kappa shape index (κ3) is 5.78. The minimum Gasteiger partial charge on any atom is -0.362 e. The second-order valence-corrected chi connectivity index (χ2v) is 7.87. The van der Waals surface area contributed by atoms with Gasteiger partial charge in [-0.2, -0.15) is 5.10 Å². The van der Waals surface area contributed by atoms with Crippen molar-refractivity contribution in [3.05, 3.63) is 52.8 Å². The molecule has 3 rings (SSSR count). The molecule has 0 spiro atoms. The van der Waals surface area contributed by atoms with Crippen LogP contribution in [0.25, 0.3) is 0 Å². The van der Waals surface area contributed by atoms with Gasteiger partial charge in [0.05, 0.1) is 5.69 Å². The fourth-order valence-electron chi connectivity index (χ4n) is 3.62. The molecule has 2 heterocycles. The van der Waals surface area contributed by atoms with Crippen LogP contribution in [0.3, 0.4) is 0 Å². The van der Waals surface area contributed by atoms with Crippen molar-refractivity contribution in [1.29, 1.82) is 0 Å². The van der Waals surface area contributed by atoms with E-state index in [1.54, 1.807) is 0 Å². The highest BCUT2D eigenvalue weighted by Crippen LogP contribution is 2.10. The van der Waals surface area contributed by atoms with Gasteiger partial charge in [0.1, 0.15) is 0 Å². The van der Waals surface area contributed by atoms with Gasteiger partial charge in [-0.15, -0.1) is 0 Å². The molecule has 0 saturated carbocycles. The Morgan fingerprint density at radius 2 is 1.89 bits per heavy atom. The number of rotatable bonds is 6. The van der Waals surface area contributed by atoms with Gasteiger partial charge in [0, 0.05) is 51.5 Å². The number of thiocarbonyl (C=S) groups is 1. The maximum absolute atomic E-state index is 5.59. The van der Waals surface area contributed by atoms with Crippen LogP contribution in [-0.4, -0.2) is 57.4 Å². The number of hydrogen-bond donors (Lipinski definition) is 1. The zero-order valence-corrected chi connectivity index (χ0v) is 17.6. The first-order valence-electron chi connectivity index (χ1n) is 9.83. The van der Waals surface area contributed by atoms with E-state index in [0.29, 0.717) is 0 Å². The molecule has 1 aromatic carbocycles. The Hall–Kier alpha value is -1.92.